The number of nitrogens with zero attached hydrogens (tertiary/aromatic N) is 1. The Morgan fingerprint density at radius 2 is 2.27 bits per heavy atom. The third-order valence-electron chi connectivity index (χ3n) is 2.14. The van der Waals surface area contributed by atoms with Crippen molar-refractivity contribution in [2.45, 2.75) is 0 Å². The van der Waals surface area contributed by atoms with Gasteiger partial charge in [-0.1, -0.05) is 29.3 Å². The van der Waals surface area contributed by atoms with Crippen LogP contribution in [0.25, 0.3) is 0 Å². The number of hydrogen-bond donors (Lipinski definition) is 2. The van der Waals surface area contributed by atoms with Crippen LogP contribution in [0.5, 0.6) is 0 Å². The lowest BCUT2D eigenvalue weighted by atomic mass is 10.3. The Morgan fingerprint density at radius 3 is 3.00 bits per heavy atom. The SMILES string of the molecule is Clc1cccc(NCC2=NCCN2)c1Cl. The van der Waals surface area contributed by atoms with E-state index in [-0.39, 0.29) is 0 Å². The van der Waals surface area contributed by atoms with Gasteiger partial charge in [0, 0.05) is 6.54 Å². The normalized spacial score (nSPS) is 14.7. The van der Waals surface area contributed by atoms with E-state index in [2.05, 4.69) is 15.6 Å². The topological polar surface area (TPSA) is 36.4 Å². The predicted octanol–water partition coefficient (Wildman–Crippen LogP) is 2.41. The number of halogens is 2. The molecular weight excluding hydrogens is 233 g/mol. The zero-order valence-corrected chi connectivity index (χ0v) is 9.57. The molecule has 1 aromatic rings. The molecule has 0 atom stereocenters. The highest BCUT2D eigenvalue weighted by molar-refractivity contribution is 6.43. The molecule has 0 unspecified atom stereocenters. The van der Waals surface area contributed by atoms with Gasteiger partial charge in [0.25, 0.3) is 0 Å². The van der Waals surface area contributed by atoms with E-state index in [1.54, 1.807) is 6.07 Å². The molecule has 0 saturated carbocycles. The summed E-state index contributed by atoms with van der Waals surface area (Å²) in [5.74, 6) is 0.964. The Labute approximate surface area is 98.5 Å². The highest BCUT2D eigenvalue weighted by Crippen LogP contribution is 2.29. The van der Waals surface area contributed by atoms with Crippen molar-refractivity contribution in [3.63, 3.8) is 0 Å². The molecule has 0 aromatic heterocycles. The molecule has 0 saturated heterocycles. The van der Waals surface area contributed by atoms with E-state index in [9.17, 15) is 0 Å². The zero-order chi connectivity index (χ0) is 10.7. The second kappa shape index (κ2) is 4.73. The fourth-order valence-electron chi connectivity index (χ4n) is 1.38. The monoisotopic (exact) mass is 243 g/mol. The van der Waals surface area contributed by atoms with Crippen molar-refractivity contribution in [3.8, 4) is 0 Å². The van der Waals surface area contributed by atoms with Gasteiger partial charge in [-0.2, -0.15) is 0 Å². The van der Waals surface area contributed by atoms with Crippen LogP contribution >= 0.6 is 23.2 Å². The molecule has 0 radical (unpaired) electrons. The molecule has 0 fully saturated rings. The first-order valence-corrected chi connectivity index (χ1v) is 5.48. The lowest BCUT2D eigenvalue weighted by Gasteiger charge is -2.09. The molecule has 1 aromatic carbocycles. The van der Waals surface area contributed by atoms with E-state index in [1.807, 2.05) is 12.1 Å². The quantitative estimate of drug-likeness (QED) is 0.856. The maximum Gasteiger partial charge on any atom is 0.116 e. The molecule has 0 aliphatic carbocycles. The number of benzene rings is 1. The van der Waals surface area contributed by atoms with Crippen molar-refractivity contribution in [1.29, 1.82) is 0 Å². The van der Waals surface area contributed by atoms with Gasteiger partial charge in [0.15, 0.2) is 0 Å². The number of rotatable bonds is 3. The molecule has 1 aliphatic rings. The largest absolute Gasteiger partial charge is 0.377 e. The average molecular weight is 244 g/mol. The molecular formula is C10H11Cl2N3. The number of hydrogen-bond acceptors (Lipinski definition) is 3. The van der Waals surface area contributed by atoms with Crippen LogP contribution in [0.15, 0.2) is 23.2 Å². The number of aliphatic imine (C=N–C) groups is 1. The second-order valence-electron chi connectivity index (χ2n) is 3.21. The predicted molar refractivity (Wildman–Crippen MR) is 65.3 cm³/mol. The highest BCUT2D eigenvalue weighted by Gasteiger charge is 2.07. The molecule has 80 valence electrons. The molecule has 0 amide bonds. The Hall–Kier alpha value is -0.930. The lowest BCUT2D eigenvalue weighted by molar-refractivity contribution is 0.956. The van der Waals surface area contributed by atoms with Crippen LogP contribution in [0.3, 0.4) is 0 Å². The highest BCUT2D eigenvalue weighted by atomic mass is 35.5. The summed E-state index contributed by atoms with van der Waals surface area (Å²) in [4.78, 5) is 4.27. The molecule has 1 heterocycles. The van der Waals surface area contributed by atoms with Crippen LogP contribution in [0.4, 0.5) is 5.69 Å². The zero-order valence-electron chi connectivity index (χ0n) is 8.06. The summed E-state index contributed by atoms with van der Waals surface area (Å²) < 4.78 is 0. The third kappa shape index (κ3) is 2.55. The van der Waals surface area contributed by atoms with Gasteiger partial charge in [-0.3, -0.25) is 4.99 Å². The van der Waals surface area contributed by atoms with E-state index in [4.69, 9.17) is 23.2 Å². The van der Waals surface area contributed by atoms with Crippen molar-refractivity contribution in [3.05, 3.63) is 28.2 Å². The standard InChI is InChI=1S/C10H11Cl2N3/c11-7-2-1-3-8(10(7)12)15-6-9-13-4-5-14-9/h1-3,15H,4-6H2,(H,13,14). The average Bonchev–Trinajstić information content (AvgIpc) is 2.73. The molecule has 0 bridgehead atoms. The van der Waals surface area contributed by atoms with Crippen LogP contribution in [0, 0.1) is 0 Å². The first kappa shape index (κ1) is 10.6. The van der Waals surface area contributed by atoms with Gasteiger partial charge in [0.2, 0.25) is 0 Å². The van der Waals surface area contributed by atoms with Crippen molar-refractivity contribution >= 4 is 34.7 Å². The Morgan fingerprint density at radius 1 is 1.40 bits per heavy atom. The summed E-state index contributed by atoms with van der Waals surface area (Å²) in [5, 5.41) is 7.47. The van der Waals surface area contributed by atoms with Gasteiger partial charge in [0.05, 0.1) is 28.8 Å². The molecule has 0 spiro atoms. The lowest BCUT2D eigenvalue weighted by Crippen LogP contribution is -2.26. The molecule has 5 heteroatoms. The molecule has 2 N–H and O–H groups in total. The minimum Gasteiger partial charge on any atom is -0.377 e. The summed E-state index contributed by atoms with van der Waals surface area (Å²) in [5.41, 5.74) is 0.834. The van der Waals surface area contributed by atoms with Gasteiger partial charge >= 0.3 is 0 Å². The fraction of sp³-hybridized carbons (Fsp3) is 0.300. The van der Waals surface area contributed by atoms with Gasteiger partial charge < -0.3 is 10.6 Å². The van der Waals surface area contributed by atoms with E-state index in [1.165, 1.54) is 0 Å². The molecule has 1 aliphatic heterocycles. The van der Waals surface area contributed by atoms with E-state index in [0.29, 0.717) is 16.6 Å². The summed E-state index contributed by atoms with van der Waals surface area (Å²) >= 11 is 11.9. The summed E-state index contributed by atoms with van der Waals surface area (Å²) in [6.45, 7) is 2.42. The van der Waals surface area contributed by atoms with Crippen LogP contribution in [0.2, 0.25) is 10.0 Å². The third-order valence-corrected chi connectivity index (χ3v) is 2.96. The van der Waals surface area contributed by atoms with Crippen LogP contribution in [0.1, 0.15) is 0 Å². The maximum absolute atomic E-state index is 6.02. The first-order valence-electron chi connectivity index (χ1n) is 4.72. The minimum atomic E-state index is 0.553. The number of nitrogens with one attached hydrogen (secondary N) is 2. The van der Waals surface area contributed by atoms with E-state index in [0.717, 1.165) is 24.6 Å². The van der Waals surface area contributed by atoms with E-state index < -0.39 is 0 Å². The molecule has 3 nitrogen and oxygen atoms in total. The summed E-state index contributed by atoms with van der Waals surface area (Å²) in [6.07, 6.45) is 0. The Kier molecular flexibility index (Phi) is 3.34. The first-order chi connectivity index (χ1) is 7.27. The van der Waals surface area contributed by atoms with Crippen molar-refractivity contribution in [2.24, 2.45) is 4.99 Å². The van der Waals surface area contributed by atoms with Crippen LogP contribution in [-0.2, 0) is 0 Å². The summed E-state index contributed by atoms with van der Waals surface area (Å²) in [7, 11) is 0. The fourth-order valence-corrected chi connectivity index (χ4v) is 1.75. The maximum atomic E-state index is 6.02. The van der Waals surface area contributed by atoms with Crippen molar-refractivity contribution < 1.29 is 0 Å². The Balaban J connectivity index is 2.01. The number of anilines is 1. The molecule has 15 heavy (non-hydrogen) atoms. The minimum absolute atomic E-state index is 0.553. The van der Waals surface area contributed by atoms with Gasteiger partial charge in [-0.05, 0) is 12.1 Å². The summed E-state index contributed by atoms with van der Waals surface area (Å²) in [6, 6.07) is 5.52. The van der Waals surface area contributed by atoms with Crippen molar-refractivity contribution in [2.75, 3.05) is 25.0 Å². The van der Waals surface area contributed by atoms with Gasteiger partial charge in [0.1, 0.15) is 5.84 Å². The van der Waals surface area contributed by atoms with Gasteiger partial charge in [-0.15, -0.1) is 0 Å². The number of amidine groups is 1. The van der Waals surface area contributed by atoms with Crippen LogP contribution < -0.4 is 10.6 Å². The van der Waals surface area contributed by atoms with E-state index >= 15 is 0 Å². The second-order valence-corrected chi connectivity index (χ2v) is 4.00. The van der Waals surface area contributed by atoms with Gasteiger partial charge in [-0.25, -0.2) is 0 Å². The molecule has 2 rings (SSSR count). The smallest absolute Gasteiger partial charge is 0.116 e. The Bertz CT molecular complexity index is 390. The van der Waals surface area contributed by atoms with Crippen molar-refractivity contribution in [1.82, 2.24) is 5.32 Å². The van der Waals surface area contributed by atoms with Crippen LogP contribution in [-0.4, -0.2) is 25.5 Å².